The summed E-state index contributed by atoms with van der Waals surface area (Å²) in [7, 11) is 0. The first kappa shape index (κ1) is 6.68. The molecule has 0 unspecified atom stereocenters. The van der Waals surface area contributed by atoms with Crippen molar-refractivity contribution in [3.8, 4) is 0 Å². The molecule has 0 atom stereocenters. The maximum atomic E-state index is 7.93. The van der Waals surface area contributed by atoms with Crippen molar-refractivity contribution in [1.82, 2.24) is 0 Å². The Morgan fingerprint density at radius 2 is 1.75 bits per heavy atom. The van der Waals surface area contributed by atoms with Crippen LogP contribution in [0.3, 0.4) is 0 Å². The molecular weight excluding hydrogens is 194 g/mol. The Bertz CT molecular complexity index is 492. The van der Waals surface area contributed by atoms with Crippen LogP contribution in [0.4, 0.5) is 5.69 Å². The quantitative estimate of drug-likeness (QED) is 0.803. The van der Waals surface area contributed by atoms with Crippen molar-refractivity contribution in [1.29, 1.82) is 0 Å². The topological polar surface area (TPSA) is 12.0 Å². The van der Waals surface area contributed by atoms with E-state index < -0.39 is 0 Å². The summed E-state index contributed by atoms with van der Waals surface area (Å²) in [6, 6.07) is -0.939. The minimum Gasteiger partial charge on any atom is -0.382 e. The second kappa shape index (κ2) is 5.38. The van der Waals surface area contributed by atoms with Crippen LogP contribution in [-0.2, 0) is 0 Å². The molecule has 0 amide bonds. The van der Waals surface area contributed by atoms with Gasteiger partial charge in [0, 0.05) is 11.7 Å². The molecule has 1 aliphatic rings. The second-order valence-electron chi connectivity index (χ2n) is 5.00. The lowest BCUT2D eigenvalue weighted by Gasteiger charge is -2.31. The number of hydrogen-bond donors (Lipinski definition) is 1. The van der Waals surface area contributed by atoms with Gasteiger partial charge in [0.2, 0.25) is 0 Å². The third-order valence-corrected chi connectivity index (χ3v) is 3.56. The molecule has 1 aromatic rings. The van der Waals surface area contributed by atoms with Crippen molar-refractivity contribution in [3.63, 3.8) is 0 Å². The van der Waals surface area contributed by atoms with Gasteiger partial charge in [-0.25, -0.2) is 0 Å². The van der Waals surface area contributed by atoms with Gasteiger partial charge >= 0.3 is 0 Å². The fourth-order valence-corrected chi connectivity index (χ4v) is 2.46. The van der Waals surface area contributed by atoms with Gasteiger partial charge in [-0.15, -0.1) is 0 Å². The molecule has 1 fully saturated rings. The Kier molecular flexibility index (Phi) is 2.25. The zero-order valence-corrected chi connectivity index (χ0v) is 10.1. The Balaban J connectivity index is 2.15. The van der Waals surface area contributed by atoms with E-state index >= 15 is 0 Å². The van der Waals surface area contributed by atoms with Gasteiger partial charge in [0.1, 0.15) is 0 Å². The van der Waals surface area contributed by atoms with Crippen molar-refractivity contribution in [2.45, 2.75) is 45.6 Å². The third kappa shape index (κ3) is 3.01. The van der Waals surface area contributed by atoms with Crippen LogP contribution >= 0.6 is 0 Å². The van der Waals surface area contributed by atoms with E-state index in [1.165, 1.54) is 0 Å². The van der Waals surface area contributed by atoms with Crippen LogP contribution in [0.1, 0.15) is 46.4 Å². The number of nitrogens with one attached hydrogen (secondary N) is 1. The van der Waals surface area contributed by atoms with Gasteiger partial charge in [0.25, 0.3) is 0 Å². The molecule has 1 aliphatic carbocycles. The van der Waals surface area contributed by atoms with E-state index in [4.69, 9.17) is 6.85 Å². The Morgan fingerprint density at radius 1 is 1.12 bits per heavy atom. The maximum absolute atomic E-state index is 7.93. The lowest BCUT2D eigenvalue weighted by molar-refractivity contribution is 0.267. The standard InChI is InChI=1S/C15H23N/c1-12(2)13-8-10-15(11-9-13)16-14-6-4-3-5-7-14/h3-7,12-13,15-16H,8-11H2,1-2H3/i3D,4D,5D,6D,7D. The predicted octanol–water partition coefficient (Wildman–Crippen LogP) is 4.31. The average Bonchev–Trinajstić information content (AvgIpc) is 2.48. The van der Waals surface area contributed by atoms with Gasteiger partial charge in [-0.3, -0.25) is 0 Å². The van der Waals surface area contributed by atoms with Crippen LogP contribution in [0.2, 0.25) is 0 Å². The van der Waals surface area contributed by atoms with Crippen molar-refractivity contribution in [2.24, 2.45) is 11.8 Å². The third-order valence-electron chi connectivity index (χ3n) is 3.56. The van der Waals surface area contributed by atoms with Gasteiger partial charge in [-0.2, -0.15) is 0 Å². The molecule has 88 valence electrons. The second-order valence-corrected chi connectivity index (χ2v) is 5.00. The van der Waals surface area contributed by atoms with Crippen LogP contribution in [0.5, 0.6) is 0 Å². The van der Waals surface area contributed by atoms with Crippen LogP contribution < -0.4 is 5.32 Å². The molecule has 1 heteroatoms. The molecule has 1 N–H and O–H groups in total. The highest BCUT2D eigenvalue weighted by molar-refractivity contribution is 5.43. The number of benzene rings is 1. The first-order valence-corrected chi connectivity index (χ1v) is 6.16. The van der Waals surface area contributed by atoms with Gasteiger partial charge in [-0.05, 0) is 49.6 Å². The zero-order chi connectivity index (χ0) is 15.7. The fourth-order valence-electron chi connectivity index (χ4n) is 2.46. The first-order chi connectivity index (χ1) is 9.82. The average molecular weight is 222 g/mol. The van der Waals surface area contributed by atoms with Crippen molar-refractivity contribution >= 4 is 5.69 Å². The summed E-state index contributed by atoms with van der Waals surface area (Å²) in [6.45, 7) is 4.49. The summed E-state index contributed by atoms with van der Waals surface area (Å²) in [5.74, 6) is 1.43. The molecule has 0 aromatic heterocycles. The number of para-hydroxylation sites is 1. The summed E-state index contributed by atoms with van der Waals surface area (Å²) >= 11 is 0. The minimum atomic E-state index is -0.334. The molecule has 0 bridgehead atoms. The normalized spacial score (nSPS) is 30.1. The molecule has 0 spiro atoms. The van der Waals surface area contributed by atoms with Crippen molar-refractivity contribution < 1.29 is 6.85 Å². The molecule has 1 nitrogen and oxygen atoms in total. The van der Waals surface area contributed by atoms with Crippen molar-refractivity contribution in [3.05, 3.63) is 30.2 Å². The molecule has 0 aliphatic heterocycles. The molecule has 0 saturated heterocycles. The smallest absolute Gasteiger partial charge is 0.0645 e. The lowest BCUT2D eigenvalue weighted by Crippen LogP contribution is -2.27. The van der Waals surface area contributed by atoms with Gasteiger partial charge in [-0.1, -0.05) is 32.0 Å². The molecule has 0 radical (unpaired) electrons. The summed E-state index contributed by atoms with van der Waals surface area (Å²) in [4.78, 5) is 0. The predicted molar refractivity (Wildman–Crippen MR) is 70.6 cm³/mol. The van der Waals surface area contributed by atoms with E-state index in [9.17, 15) is 0 Å². The number of anilines is 1. The summed E-state index contributed by atoms with van der Waals surface area (Å²) in [5.41, 5.74) is 0.244. The summed E-state index contributed by atoms with van der Waals surface area (Å²) in [6.07, 6.45) is 4.25. The summed E-state index contributed by atoms with van der Waals surface area (Å²) in [5, 5.41) is 3.19. The Hall–Kier alpha value is -0.980. The van der Waals surface area contributed by atoms with Gasteiger partial charge in [0.05, 0.1) is 6.85 Å². The van der Waals surface area contributed by atoms with E-state index in [0.717, 1.165) is 31.6 Å². The fraction of sp³-hybridized carbons (Fsp3) is 0.600. The molecule has 1 aromatic carbocycles. The van der Waals surface area contributed by atoms with E-state index in [1.807, 2.05) is 0 Å². The highest BCUT2D eigenvalue weighted by atomic mass is 14.9. The molecule has 16 heavy (non-hydrogen) atoms. The van der Waals surface area contributed by atoms with E-state index in [1.54, 1.807) is 0 Å². The van der Waals surface area contributed by atoms with Crippen LogP contribution in [0, 0.1) is 11.8 Å². The van der Waals surface area contributed by atoms with Gasteiger partial charge < -0.3 is 5.32 Å². The highest BCUT2D eigenvalue weighted by Gasteiger charge is 2.22. The monoisotopic (exact) mass is 222 g/mol. The minimum absolute atomic E-state index is 0.132. The van der Waals surface area contributed by atoms with E-state index in [2.05, 4.69) is 19.2 Å². The van der Waals surface area contributed by atoms with Crippen molar-refractivity contribution in [2.75, 3.05) is 5.32 Å². The van der Waals surface area contributed by atoms with Gasteiger partial charge in [0.15, 0.2) is 0 Å². The van der Waals surface area contributed by atoms with Crippen LogP contribution in [-0.4, -0.2) is 6.04 Å². The lowest BCUT2D eigenvalue weighted by atomic mass is 9.79. The van der Waals surface area contributed by atoms with Crippen LogP contribution in [0.25, 0.3) is 0 Å². The summed E-state index contributed by atoms with van der Waals surface area (Å²) < 4.78 is 38.8. The highest BCUT2D eigenvalue weighted by Crippen LogP contribution is 2.31. The van der Waals surface area contributed by atoms with E-state index in [-0.39, 0.29) is 41.9 Å². The molecular formula is C15H23N. The first-order valence-electron chi connectivity index (χ1n) is 8.66. The number of hydrogen-bond acceptors (Lipinski definition) is 1. The Morgan fingerprint density at radius 3 is 2.31 bits per heavy atom. The maximum Gasteiger partial charge on any atom is 0.0645 e. The molecule has 2 rings (SSSR count). The SMILES string of the molecule is [2H]c1c([2H])c([2H])c(NC2CCC(C(C)C)CC2)c([2H])c1[2H]. The molecule has 0 heterocycles. The Labute approximate surface area is 106 Å². The number of rotatable bonds is 3. The largest absolute Gasteiger partial charge is 0.382 e. The zero-order valence-electron chi connectivity index (χ0n) is 15.1. The van der Waals surface area contributed by atoms with Crippen LogP contribution in [0.15, 0.2) is 30.2 Å². The molecule has 1 saturated carbocycles. The van der Waals surface area contributed by atoms with E-state index in [0.29, 0.717) is 5.92 Å².